The molecular formula is C15H25ClN4. The number of rotatable bonds is 5. The molecule has 0 aliphatic heterocycles. The van der Waals surface area contributed by atoms with Crippen LogP contribution in [0.3, 0.4) is 0 Å². The van der Waals surface area contributed by atoms with Crippen LogP contribution in [-0.4, -0.2) is 48.1 Å². The van der Waals surface area contributed by atoms with E-state index in [4.69, 9.17) is 11.6 Å². The average molecular weight is 297 g/mol. The Morgan fingerprint density at radius 2 is 1.90 bits per heavy atom. The summed E-state index contributed by atoms with van der Waals surface area (Å²) >= 11 is 6.26. The van der Waals surface area contributed by atoms with Crippen molar-refractivity contribution in [2.75, 3.05) is 32.6 Å². The standard InChI is InChI=1S/C15H25ClN4/c1-11(2)12-13(16)17-10-18-14(12)20(5)9-15(19(3)4)7-6-8-15/h10-11H,6-9H2,1-5H3. The number of aromatic nitrogens is 2. The predicted octanol–water partition coefficient (Wildman–Crippen LogP) is 3.17. The van der Waals surface area contributed by atoms with Gasteiger partial charge in [0.15, 0.2) is 0 Å². The Kier molecular flexibility index (Phi) is 4.55. The van der Waals surface area contributed by atoms with Crippen molar-refractivity contribution in [1.29, 1.82) is 0 Å². The van der Waals surface area contributed by atoms with E-state index in [9.17, 15) is 0 Å². The molecular weight excluding hydrogens is 272 g/mol. The zero-order chi connectivity index (χ0) is 14.9. The minimum atomic E-state index is 0.278. The fourth-order valence-electron chi connectivity index (χ4n) is 3.01. The zero-order valence-electron chi connectivity index (χ0n) is 13.1. The number of halogens is 1. The lowest BCUT2D eigenvalue weighted by Gasteiger charge is -2.49. The quantitative estimate of drug-likeness (QED) is 0.781. The fraction of sp³-hybridized carbons (Fsp3) is 0.733. The van der Waals surface area contributed by atoms with Gasteiger partial charge in [-0.05, 0) is 39.3 Å². The van der Waals surface area contributed by atoms with Crippen LogP contribution >= 0.6 is 11.6 Å². The Morgan fingerprint density at radius 1 is 1.25 bits per heavy atom. The van der Waals surface area contributed by atoms with E-state index in [1.54, 1.807) is 6.33 Å². The fourth-order valence-corrected chi connectivity index (χ4v) is 3.36. The summed E-state index contributed by atoms with van der Waals surface area (Å²) in [5.41, 5.74) is 1.32. The van der Waals surface area contributed by atoms with Crippen LogP contribution in [0.4, 0.5) is 5.82 Å². The van der Waals surface area contributed by atoms with Gasteiger partial charge >= 0.3 is 0 Å². The monoisotopic (exact) mass is 296 g/mol. The van der Waals surface area contributed by atoms with E-state index in [0.717, 1.165) is 17.9 Å². The second-order valence-electron chi connectivity index (χ2n) is 6.38. The first-order chi connectivity index (χ1) is 9.37. The molecule has 1 aromatic heterocycles. The van der Waals surface area contributed by atoms with Gasteiger partial charge in [-0.1, -0.05) is 25.4 Å². The average Bonchev–Trinajstić information content (AvgIpc) is 2.32. The Labute approximate surface area is 127 Å². The highest BCUT2D eigenvalue weighted by Crippen LogP contribution is 2.38. The molecule has 0 spiro atoms. The van der Waals surface area contributed by atoms with E-state index in [1.165, 1.54) is 19.3 Å². The lowest BCUT2D eigenvalue weighted by molar-refractivity contribution is 0.0681. The maximum atomic E-state index is 6.26. The van der Waals surface area contributed by atoms with Gasteiger partial charge in [0.2, 0.25) is 0 Å². The van der Waals surface area contributed by atoms with Gasteiger partial charge in [0, 0.05) is 24.7 Å². The second kappa shape index (κ2) is 5.86. The first-order valence-electron chi connectivity index (χ1n) is 7.26. The lowest BCUT2D eigenvalue weighted by Crippen LogP contribution is -2.57. The molecule has 4 nitrogen and oxygen atoms in total. The van der Waals surface area contributed by atoms with Crippen molar-refractivity contribution in [3.05, 3.63) is 17.0 Å². The smallest absolute Gasteiger partial charge is 0.138 e. The molecule has 1 aliphatic carbocycles. The Hall–Kier alpha value is -0.870. The molecule has 112 valence electrons. The molecule has 1 fully saturated rings. The minimum Gasteiger partial charge on any atom is -0.357 e. The molecule has 0 aromatic carbocycles. The van der Waals surface area contributed by atoms with Gasteiger partial charge in [-0.15, -0.1) is 0 Å². The van der Waals surface area contributed by atoms with E-state index in [0.29, 0.717) is 11.1 Å². The molecule has 0 saturated heterocycles. The first-order valence-corrected chi connectivity index (χ1v) is 7.64. The van der Waals surface area contributed by atoms with Crippen molar-refractivity contribution in [3.63, 3.8) is 0 Å². The molecule has 0 unspecified atom stereocenters. The van der Waals surface area contributed by atoms with Gasteiger partial charge in [-0.25, -0.2) is 9.97 Å². The van der Waals surface area contributed by atoms with E-state index in [1.807, 2.05) is 0 Å². The molecule has 1 aromatic rings. The number of nitrogens with zero attached hydrogens (tertiary/aromatic N) is 4. The van der Waals surface area contributed by atoms with Crippen molar-refractivity contribution in [2.24, 2.45) is 0 Å². The highest BCUT2D eigenvalue weighted by molar-refractivity contribution is 6.30. The Balaban J connectivity index is 2.25. The molecule has 0 atom stereocenters. The summed E-state index contributed by atoms with van der Waals surface area (Å²) < 4.78 is 0. The molecule has 5 heteroatoms. The molecule has 1 saturated carbocycles. The summed E-state index contributed by atoms with van der Waals surface area (Å²) in [6.45, 7) is 5.24. The SMILES string of the molecule is CC(C)c1c(Cl)ncnc1N(C)CC1(N(C)C)CCC1. The third-order valence-electron chi connectivity index (χ3n) is 4.52. The summed E-state index contributed by atoms with van der Waals surface area (Å²) in [5.74, 6) is 1.28. The van der Waals surface area contributed by atoms with Crippen LogP contribution in [0, 0.1) is 0 Å². The van der Waals surface area contributed by atoms with Crippen LogP contribution in [0.1, 0.15) is 44.6 Å². The molecule has 0 radical (unpaired) electrons. The molecule has 20 heavy (non-hydrogen) atoms. The van der Waals surface area contributed by atoms with E-state index in [2.05, 4.69) is 54.8 Å². The van der Waals surface area contributed by atoms with Crippen LogP contribution in [0.5, 0.6) is 0 Å². The van der Waals surface area contributed by atoms with Crippen molar-refractivity contribution < 1.29 is 0 Å². The van der Waals surface area contributed by atoms with Crippen molar-refractivity contribution in [3.8, 4) is 0 Å². The summed E-state index contributed by atoms with van der Waals surface area (Å²) in [6, 6.07) is 0. The second-order valence-corrected chi connectivity index (χ2v) is 6.74. The molecule has 1 heterocycles. The molecule has 0 N–H and O–H groups in total. The molecule has 1 aliphatic rings. The van der Waals surface area contributed by atoms with Gasteiger partial charge in [-0.2, -0.15) is 0 Å². The topological polar surface area (TPSA) is 32.3 Å². The van der Waals surface area contributed by atoms with Crippen LogP contribution in [0.25, 0.3) is 0 Å². The lowest BCUT2D eigenvalue weighted by atomic mass is 9.75. The number of hydrogen-bond acceptors (Lipinski definition) is 4. The Bertz CT molecular complexity index is 469. The minimum absolute atomic E-state index is 0.278. The Morgan fingerprint density at radius 3 is 2.35 bits per heavy atom. The van der Waals surface area contributed by atoms with Crippen LogP contribution in [0.2, 0.25) is 5.15 Å². The third-order valence-corrected chi connectivity index (χ3v) is 4.82. The van der Waals surface area contributed by atoms with Gasteiger partial charge < -0.3 is 9.80 Å². The maximum absolute atomic E-state index is 6.26. The van der Waals surface area contributed by atoms with Crippen LogP contribution in [-0.2, 0) is 0 Å². The highest BCUT2D eigenvalue weighted by atomic mass is 35.5. The largest absolute Gasteiger partial charge is 0.357 e. The first kappa shape index (κ1) is 15.5. The van der Waals surface area contributed by atoms with E-state index < -0.39 is 0 Å². The van der Waals surface area contributed by atoms with Gasteiger partial charge in [0.1, 0.15) is 17.3 Å². The summed E-state index contributed by atoms with van der Waals surface area (Å²) in [4.78, 5) is 13.2. The van der Waals surface area contributed by atoms with Gasteiger partial charge in [0.05, 0.1) is 0 Å². The van der Waals surface area contributed by atoms with Gasteiger partial charge in [0.25, 0.3) is 0 Å². The number of likely N-dealkylation sites (N-methyl/N-ethyl adjacent to an activating group) is 2. The maximum Gasteiger partial charge on any atom is 0.138 e. The molecule has 2 rings (SSSR count). The number of anilines is 1. The summed E-state index contributed by atoms with van der Waals surface area (Å²) in [6.07, 6.45) is 5.37. The van der Waals surface area contributed by atoms with E-state index in [-0.39, 0.29) is 5.54 Å². The summed E-state index contributed by atoms with van der Waals surface area (Å²) in [5, 5.41) is 0.573. The highest BCUT2D eigenvalue weighted by Gasteiger charge is 2.40. The third kappa shape index (κ3) is 2.77. The normalized spacial score (nSPS) is 17.4. The van der Waals surface area contributed by atoms with Crippen molar-refractivity contribution in [2.45, 2.75) is 44.6 Å². The predicted molar refractivity (Wildman–Crippen MR) is 84.7 cm³/mol. The van der Waals surface area contributed by atoms with Crippen LogP contribution < -0.4 is 4.90 Å². The van der Waals surface area contributed by atoms with E-state index >= 15 is 0 Å². The van der Waals surface area contributed by atoms with Crippen LogP contribution in [0.15, 0.2) is 6.33 Å². The van der Waals surface area contributed by atoms with Gasteiger partial charge in [-0.3, -0.25) is 0 Å². The summed E-state index contributed by atoms with van der Waals surface area (Å²) in [7, 11) is 6.45. The molecule has 0 bridgehead atoms. The van der Waals surface area contributed by atoms with Crippen molar-refractivity contribution >= 4 is 17.4 Å². The van der Waals surface area contributed by atoms with Crippen molar-refractivity contribution in [1.82, 2.24) is 14.9 Å². The molecule has 0 amide bonds. The zero-order valence-corrected chi connectivity index (χ0v) is 13.9. The number of hydrogen-bond donors (Lipinski definition) is 0.